The summed E-state index contributed by atoms with van der Waals surface area (Å²) < 4.78 is 26.4. The number of sulfonamides is 1. The Hall–Kier alpha value is -0.820. The van der Waals surface area contributed by atoms with Crippen LogP contribution in [0.25, 0.3) is 0 Å². The number of allylic oxidation sites excluding steroid dienone is 2. The van der Waals surface area contributed by atoms with E-state index in [-0.39, 0.29) is 4.90 Å². The molecule has 0 aliphatic rings. The molecule has 4 nitrogen and oxygen atoms in total. The highest BCUT2D eigenvalue weighted by molar-refractivity contribution is 8.10. The zero-order chi connectivity index (χ0) is 18.0. The summed E-state index contributed by atoms with van der Waals surface area (Å²) >= 11 is 1.08. The Labute approximate surface area is 151 Å². The van der Waals surface area contributed by atoms with Gasteiger partial charge in [0.25, 0.3) is 10.0 Å². The fourth-order valence-corrected chi connectivity index (χ4v) is 5.00. The molecule has 0 amide bonds. The molecule has 0 fully saturated rings. The van der Waals surface area contributed by atoms with Crippen LogP contribution in [0, 0.1) is 0 Å². The second-order valence-corrected chi connectivity index (χ2v) is 9.08. The minimum absolute atomic E-state index is 0.186. The van der Waals surface area contributed by atoms with Gasteiger partial charge in [0.15, 0.2) is 0 Å². The molecule has 1 unspecified atom stereocenters. The van der Waals surface area contributed by atoms with Gasteiger partial charge in [-0.25, -0.2) is 8.42 Å². The lowest BCUT2D eigenvalue weighted by Crippen LogP contribution is -2.32. The number of nitrogens with zero attached hydrogens (tertiary/aromatic N) is 1. The summed E-state index contributed by atoms with van der Waals surface area (Å²) in [4.78, 5) is 1.07. The van der Waals surface area contributed by atoms with Crippen LogP contribution in [0.4, 0.5) is 0 Å². The van der Waals surface area contributed by atoms with Crippen LogP contribution in [-0.2, 0) is 10.0 Å². The number of rotatable bonds is 11. The number of unbranched alkanes of at least 4 members (excludes halogenated alkanes) is 5. The molecule has 1 atom stereocenters. The molecule has 1 N–H and O–H groups in total. The monoisotopic (exact) mass is 371 g/mol. The van der Waals surface area contributed by atoms with Gasteiger partial charge in [0.1, 0.15) is 6.23 Å². The molecule has 1 rings (SSSR count). The molecule has 0 radical (unpaired) electrons. The van der Waals surface area contributed by atoms with Crippen molar-refractivity contribution < 1.29 is 13.5 Å². The maximum Gasteiger partial charge on any atom is 0.254 e. The lowest BCUT2D eigenvalue weighted by molar-refractivity contribution is 0.134. The number of aliphatic hydroxyl groups is 1. The smallest absolute Gasteiger partial charge is 0.254 e. The summed E-state index contributed by atoms with van der Waals surface area (Å²) in [6, 6.07) is 8.20. The first-order valence-electron chi connectivity index (χ1n) is 8.52. The zero-order valence-corrected chi connectivity index (χ0v) is 16.4. The van der Waals surface area contributed by atoms with E-state index in [1.807, 2.05) is 13.0 Å². The summed E-state index contributed by atoms with van der Waals surface area (Å²) in [7, 11) is -3.73. The molecule has 0 bridgehead atoms. The maximum absolute atomic E-state index is 12.7. The second kappa shape index (κ2) is 10.9. The van der Waals surface area contributed by atoms with Gasteiger partial charge in [0.2, 0.25) is 0 Å². The average molecular weight is 372 g/mol. The molecule has 1 aromatic rings. The summed E-state index contributed by atoms with van der Waals surface area (Å²) in [5, 5.41) is 9.93. The van der Waals surface area contributed by atoms with Gasteiger partial charge in [0, 0.05) is 0 Å². The largest absolute Gasteiger partial charge is 0.377 e. The maximum atomic E-state index is 12.7. The van der Waals surface area contributed by atoms with Crippen molar-refractivity contribution in [2.24, 2.45) is 0 Å². The van der Waals surface area contributed by atoms with Gasteiger partial charge in [0.05, 0.1) is 4.90 Å². The molecule has 0 saturated carbocycles. The summed E-state index contributed by atoms with van der Waals surface area (Å²) in [5.41, 5.74) is 0. The van der Waals surface area contributed by atoms with Crippen molar-refractivity contribution in [3.63, 3.8) is 0 Å². The Balaban J connectivity index is 2.69. The topological polar surface area (TPSA) is 57.6 Å². The minimum Gasteiger partial charge on any atom is -0.377 e. The van der Waals surface area contributed by atoms with E-state index in [1.54, 1.807) is 18.2 Å². The van der Waals surface area contributed by atoms with Crippen LogP contribution in [0.2, 0.25) is 0 Å². The number of aliphatic hydroxyl groups excluding tert-OH is 1. The van der Waals surface area contributed by atoms with Crippen molar-refractivity contribution in [1.82, 2.24) is 3.71 Å². The summed E-state index contributed by atoms with van der Waals surface area (Å²) in [6.07, 6.45) is 7.93. The first-order valence-corrected chi connectivity index (χ1v) is 10.7. The van der Waals surface area contributed by atoms with Crippen LogP contribution in [-0.4, -0.2) is 23.5 Å². The van der Waals surface area contributed by atoms with E-state index in [1.165, 1.54) is 44.7 Å². The van der Waals surface area contributed by atoms with E-state index in [4.69, 9.17) is 0 Å². The van der Waals surface area contributed by atoms with Crippen molar-refractivity contribution >= 4 is 22.0 Å². The molecule has 6 heteroatoms. The third-order valence-corrected chi connectivity index (χ3v) is 6.96. The third kappa shape index (κ3) is 6.97. The number of benzene rings is 1. The van der Waals surface area contributed by atoms with Crippen LogP contribution in [0.3, 0.4) is 0 Å². The quantitative estimate of drug-likeness (QED) is 0.340. The van der Waals surface area contributed by atoms with Crippen molar-refractivity contribution in [3.05, 3.63) is 41.3 Å². The Morgan fingerprint density at radius 1 is 1.21 bits per heavy atom. The molecule has 0 aliphatic carbocycles. The van der Waals surface area contributed by atoms with E-state index in [0.29, 0.717) is 0 Å². The van der Waals surface area contributed by atoms with Crippen LogP contribution in [0.5, 0.6) is 0 Å². The molecular weight excluding hydrogens is 342 g/mol. The van der Waals surface area contributed by atoms with Gasteiger partial charge in [-0.3, -0.25) is 0 Å². The van der Waals surface area contributed by atoms with Crippen molar-refractivity contribution in [2.45, 2.75) is 70.4 Å². The van der Waals surface area contributed by atoms with Crippen molar-refractivity contribution in [2.75, 3.05) is 0 Å². The summed E-state index contributed by atoms with van der Waals surface area (Å²) in [6.45, 7) is 5.54. The van der Waals surface area contributed by atoms with E-state index in [0.717, 1.165) is 33.4 Å². The average Bonchev–Trinajstić information content (AvgIpc) is 2.56. The minimum atomic E-state index is -3.73. The normalized spacial score (nSPS) is 14.1. The van der Waals surface area contributed by atoms with E-state index < -0.39 is 16.3 Å². The Kier molecular flexibility index (Phi) is 9.66. The SMILES string of the molecule is CCCCCCC/C=C(\C)SN(C(C)O)S(=O)(=O)c1ccccc1. The first-order chi connectivity index (χ1) is 11.4. The molecule has 0 heterocycles. The Morgan fingerprint density at radius 2 is 1.83 bits per heavy atom. The van der Waals surface area contributed by atoms with Gasteiger partial charge in [-0.15, -0.1) is 3.71 Å². The van der Waals surface area contributed by atoms with Gasteiger partial charge in [-0.2, -0.15) is 0 Å². The molecule has 24 heavy (non-hydrogen) atoms. The van der Waals surface area contributed by atoms with E-state index in [2.05, 4.69) is 6.92 Å². The van der Waals surface area contributed by atoms with Crippen LogP contribution in [0.15, 0.2) is 46.2 Å². The molecule has 0 saturated heterocycles. The lowest BCUT2D eigenvalue weighted by atomic mass is 10.1. The van der Waals surface area contributed by atoms with Gasteiger partial charge >= 0.3 is 0 Å². The Bertz CT molecular complexity index is 598. The highest BCUT2D eigenvalue weighted by Crippen LogP contribution is 2.30. The standard InChI is InChI=1S/C18H29NO3S2/c1-4-5-6-7-8-10-13-16(2)23-19(17(3)20)24(21,22)18-14-11-9-12-15-18/h9,11-15,17,20H,4-8,10H2,1-3H3/b16-13+. The highest BCUT2D eigenvalue weighted by atomic mass is 32.3. The van der Waals surface area contributed by atoms with Crippen LogP contribution >= 0.6 is 11.9 Å². The molecule has 0 spiro atoms. The summed E-state index contributed by atoms with van der Waals surface area (Å²) in [5.74, 6) is 0. The van der Waals surface area contributed by atoms with E-state index in [9.17, 15) is 13.5 Å². The van der Waals surface area contributed by atoms with E-state index >= 15 is 0 Å². The molecule has 0 aromatic heterocycles. The van der Waals surface area contributed by atoms with Crippen molar-refractivity contribution in [3.8, 4) is 0 Å². The molecule has 0 aliphatic heterocycles. The number of hydrogen-bond donors (Lipinski definition) is 1. The van der Waals surface area contributed by atoms with Gasteiger partial charge in [-0.05, 0) is 55.7 Å². The third-order valence-electron chi connectivity index (χ3n) is 3.56. The fraction of sp³-hybridized carbons (Fsp3) is 0.556. The number of hydrogen-bond acceptors (Lipinski definition) is 4. The first kappa shape index (κ1) is 21.2. The zero-order valence-electron chi connectivity index (χ0n) is 14.8. The predicted octanol–water partition coefficient (Wildman–Crippen LogP) is 4.93. The van der Waals surface area contributed by atoms with Gasteiger partial charge in [-0.1, -0.05) is 56.9 Å². The van der Waals surface area contributed by atoms with Crippen LogP contribution in [0.1, 0.15) is 59.3 Å². The second-order valence-electron chi connectivity index (χ2n) is 5.81. The predicted molar refractivity (Wildman–Crippen MR) is 102 cm³/mol. The lowest BCUT2D eigenvalue weighted by Gasteiger charge is -2.23. The Morgan fingerprint density at radius 3 is 2.42 bits per heavy atom. The van der Waals surface area contributed by atoms with Gasteiger partial charge < -0.3 is 5.11 Å². The molecule has 136 valence electrons. The van der Waals surface area contributed by atoms with Crippen molar-refractivity contribution in [1.29, 1.82) is 0 Å². The van der Waals surface area contributed by atoms with Crippen LogP contribution < -0.4 is 0 Å². The highest BCUT2D eigenvalue weighted by Gasteiger charge is 2.29. The fourth-order valence-electron chi connectivity index (χ4n) is 2.25. The molecular formula is C18H29NO3S2. The molecule has 1 aromatic carbocycles.